The fourth-order valence-electron chi connectivity index (χ4n) is 1.68. The number of hydrogen-bond donors (Lipinski definition) is 3. The molecule has 20 heavy (non-hydrogen) atoms. The average molecular weight is 278 g/mol. The van der Waals surface area contributed by atoms with Crippen LogP contribution in [0.4, 0.5) is 4.39 Å². The molecule has 0 saturated heterocycles. The number of halogens is 1. The summed E-state index contributed by atoms with van der Waals surface area (Å²) in [7, 11) is 1.84. The molecule has 8 heteroatoms. The summed E-state index contributed by atoms with van der Waals surface area (Å²) < 4.78 is 15.6. The lowest BCUT2D eigenvalue weighted by molar-refractivity contribution is 0.318. The molecule has 0 bridgehead atoms. The second kappa shape index (κ2) is 6.11. The van der Waals surface area contributed by atoms with Crippen molar-refractivity contribution < 1.29 is 9.60 Å². The molecule has 0 saturated carbocycles. The van der Waals surface area contributed by atoms with Crippen molar-refractivity contribution in [2.75, 3.05) is 0 Å². The summed E-state index contributed by atoms with van der Waals surface area (Å²) in [5.41, 5.74) is 6.22. The molecule has 106 valence electrons. The fourth-order valence-corrected chi connectivity index (χ4v) is 1.68. The summed E-state index contributed by atoms with van der Waals surface area (Å²) in [6.07, 6.45) is 1.60. The molecule has 7 nitrogen and oxygen atoms in total. The number of rotatable bonds is 5. The van der Waals surface area contributed by atoms with Crippen molar-refractivity contribution in [1.82, 2.24) is 20.1 Å². The second-order valence-corrected chi connectivity index (χ2v) is 4.25. The number of aromatic nitrogens is 3. The van der Waals surface area contributed by atoms with Gasteiger partial charge < -0.3 is 20.8 Å². The molecule has 0 atom stereocenters. The zero-order valence-electron chi connectivity index (χ0n) is 10.9. The van der Waals surface area contributed by atoms with Crippen LogP contribution < -0.4 is 11.1 Å². The van der Waals surface area contributed by atoms with Crippen LogP contribution in [0.3, 0.4) is 0 Å². The van der Waals surface area contributed by atoms with Crippen molar-refractivity contribution in [3.8, 4) is 0 Å². The van der Waals surface area contributed by atoms with E-state index < -0.39 is 5.82 Å². The van der Waals surface area contributed by atoms with Crippen molar-refractivity contribution in [2.24, 2.45) is 17.9 Å². The van der Waals surface area contributed by atoms with Gasteiger partial charge in [0.25, 0.3) is 0 Å². The largest absolute Gasteiger partial charge is 0.409 e. The Morgan fingerprint density at radius 3 is 2.90 bits per heavy atom. The monoisotopic (exact) mass is 278 g/mol. The molecule has 0 fully saturated rings. The van der Waals surface area contributed by atoms with E-state index in [0.29, 0.717) is 24.2 Å². The molecule has 0 unspecified atom stereocenters. The summed E-state index contributed by atoms with van der Waals surface area (Å²) in [6.45, 7) is 0.826. The molecule has 1 heterocycles. The Morgan fingerprint density at radius 1 is 1.50 bits per heavy atom. The third kappa shape index (κ3) is 3.09. The molecule has 0 aliphatic rings. The molecule has 2 aromatic rings. The van der Waals surface area contributed by atoms with Gasteiger partial charge in [-0.25, -0.2) is 4.39 Å². The zero-order chi connectivity index (χ0) is 14.5. The number of hydrogen-bond acceptors (Lipinski definition) is 5. The Bertz CT molecular complexity index is 624. The van der Waals surface area contributed by atoms with Crippen LogP contribution in [0.25, 0.3) is 0 Å². The number of nitrogens with one attached hydrogen (secondary N) is 1. The smallest absolute Gasteiger partial charge is 0.170 e. The summed E-state index contributed by atoms with van der Waals surface area (Å²) in [5, 5.41) is 22.1. The first-order chi connectivity index (χ1) is 9.61. The van der Waals surface area contributed by atoms with Crippen molar-refractivity contribution >= 4 is 5.84 Å². The minimum atomic E-state index is -0.417. The van der Waals surface area contributed by atoms with Gasteiger partial charge in [0.1, 0.15) is 18.0 Å². The zero-order valence-corrected chi connectivity index (χ0v) is 10.9. The van der Waals surface area contributed by atoms with E-state index in [2.05, 4.69) is 20.7 Å². The predicted octanol–water partition coefficient (Wildman–Crippen LogP) is 0.339. The molecule has 2 rings (SSSR count). The lowest BCUT2D eigenvalue weighted by Crippen LogP contribution is -2.17. The van der Waals surface area contributed by atoms with Gasteiger partial charge in [0.15, 0.2) is 5.84 Å². The Kier molecular flexibility index (Phi) is 4.26. The maximum atomic E-state index is 13.8. The van der Waals surface area contributed by atoms with Crippen LogP contribution in [0.5, 0.6) is 0 Å². The van der Waals surface area contributed by atoms with Gasteiger partial charge in [-0.05, 0) is 6.07 Å². The van der Waals surface area contributed by atoms with E-state index >= 15 is 0 Å². The maximum Gasteiger partial charge on any atom is 0.170 e. The number of oxime groups is 1. The highest BCUT2D eigenvalue weighted by atomic mass is 19.1. The highest BCUT2D eigenvalue weighted by Gasteiger charge is 2.07. The van der Waals surface area contributed by atoms with E-state index in [9.17, 15) is 4.39 Å². The predicted molar refractivity (Wildman–Crippen MR) is 70.5 cm³/mol. The Labute approximate surface area is 114 Å². The molecular formula is C12H15FN6O. The molecule has 4 N–H and O–H groups in total. The number of benzene rings is 1. The van der Waals surface area contributed by atoms with Crippen LogP contribution in [0.15, 0.2) is 29.7 Å². The molecule has 1 aromatic heterocycles. The minimum absolute atomic E-state index is 0.123. The third-order valence-electron chi connectivity index (χ3n) is 2.86. The normalized spacial score (nSPS) is 11.8. The fraction of sp³-hybridized carbons (Fsp3) is 0.250. The van der Waals surface area contributed by atoms with E-state index in [4.69, 9.17) is 10.9 Å². The van der Waals surface area contributed by atoms with E-state index in [1.807, 2.05) is 7.05 Å². The first kappa shape index (κ1) is 13.9. The number of nitrogens with zero attached hydrogens (tertiary/aromatic N) is 4. The van der Waals surface area contributed by atoms with Crippen LogP contribution in [-0.2, 0) is 20.1 Å². The Hall–Kier alpha value is -2.48. The summed E-state index contributed by atoms with van der Waals surface area (Å²) in [5.74, 6) is 0.223. The number of amidine groups is 1. The quantitative estimate of drug-likeness (QED) is 0.317. The molecule has 1 aromatic carbocycles. The van der Waals surface area contributed by atoms with Crippen LogP contribution in [-0.4, -0.2) is 25.8 Å². The minimum Gasteiger partial charge on any atom is -0.409 e. The van der Waals surface area contributed by atoms with E-state index in [-0.39, 0.29) is 5.84 Å². The summed E-state index contributed by atoms with van der Waals surface area (Å²) >= 11 is 0. The molecule has 0 aliphatic heterocycles. The third-order valence-corrected chi connectivity index (χ3v) is 2.86. The van der Waals surface area contributed by atoms with Crippen LogP contribution >= 0.6 is 0 Å². The van der Waals surface area contributed by atoms with Crippen LogP contribution in [0, 0.1) is 5.82 Å². The van der Waals surface area contributed by atoms with Gasteiger partial charge in [0.2, 0.25) is 0 Å². The summed E-state index contributed by atoms with van der Waals surface area (Å²) in [4.78, 5) is 0. The van der Waals surface area contributed by atoms with Gasteiger partial charge in [-0.1, -0.05) is 17.3 Å². The van der Waals surface area contributed by atoms with Crippen LogP contribution in [0.1, 0.15) is 17.0 Å². The molecule has 0 spiro atoms. The SMILES string of the molecule is Cn1cnnc1CNCc1ccc(C(N)=NO)cc1F. The van der Waals surface area contributed by atoms with Gasteiger partial charge in [-0.15, -0.1) is 10.2 Å². The lowest BCUT2D eigenvalue weighted by atomic mass is 10.1. The molecular weight excluding hydrogens is 263 g/mol. The van der Waals surface area contributed by atoms with E-state index in [1.54, 1.807) is 23.0 Å². The first-order valence-electron chi connectivity index (χ1n) is 5.91. The molecule has 0 amide bonds. The van der Waals surface area contributed by atoms with Crippen molar-refractivity contribution in [3.05, 3.63) is 47.3 Å². The van der Waals surface area contributed by atoms with Crippen molar-refractivity contribution in [2.45, 2.75) is 13.1 Å². The van der Waals surface area contributed by atoms with E-state index in [0.717, 1.165) is 5.82 Å². The second-order valence-electron chi connectivity index (χ2n) is 4.25. The Morgan fingerprint density at radius 2 is 2.30 bits per heavy atom. The van der Waals surface area contributed by atoms with Gasteiger partial charge >= 0.3 is 0 Å². The first-order valence-corrected chi connectivity index (χ1v) is 5.91. The summed E-state index contributed by atoms with van der Waals surface area (Å²) in [6, 6.07) is 4.41. The Balaban J connectivity index is 1.98. The van der Waals surface area contributed by atoms with Gasteiger partial charge in [-0.2, -0.15) is 0 Å². The molecule has 0 radical (unpaired) electrons. The highest BCUT2D eigenvalue weighted by Crippen LogP contribution is 2.10. The van der Waals surface area contributed by atoms with Gasteiger partial charge in [-0.3, -0.25) is 0 Å². The number of nitrogens with two attached hydrogens (primary N) is 1. The van der Waals surface area contributed by atoms with Gasteiger partial charge in [0.05, 0.1) is 6.54 Å². The van der Waals surface area contributed by atoms with Crippen molar-refractivity contribution in [3.63, 3.8) is 0 Å². The molecule has 0 aliphatic carbocycles. The lowest BCUT2D eigenvalue weighted by Gasteiger charge is -2.07. The number of aryl methyl sites for hydroxylation is 1. The average Bonchev–Trinajstić information content (AvgIpc) is 2.85. The van der Waals surface area contributed by atoms with Crippen LogP contribution in [0.2, 0.25) is 0 Å². The topological polar surface area (TPSA) is 101 Å². The van der Waals surface area contributed by atoms with Gasteiger partial charge in [0, 0.05) is 24.7 Å². The highest BCUT2D eigenvalue weighted by molar-refractivity contribution is 5.97. The maximum absolute atomic E-state index is 13.8. The van der Waals surface area contributed by atoms with E-state index in [1.165, 1.54) is 6.07 Å². The van der Waals surface area contributed by atoms with Crippen molar-refractivity contribution in [1.29, 1.82) is 0 Å². The standard InChI is InChI=1S/C12H15FN6O/c1-19-7-16-17-11(19)6-15-5-9-3-2-8(4-10(9)13)12(14)18-20/h2-4,7,15,20H,5-6H2,1H3,(H2,14,18).